The molecule has 0 aromatic carbocycles. The van der Waals surface area contributed by atoms with Crippen molar-refractivity contribution in [2.75, 3.05) is 13.1 Å². The van der Waals surface area contributed by atoms with Crippen molar-refractivity contribution in [3.63, 3.8) is 0 Å². The van der Waals surface area contributed by atoms with Gasteiger partial charge in [-0.2, -0.15) is 0 Å². The Bertz CT molecular complexity index is 270. The van der Waals surface area contributed by atoms with E-state index in [4.69, 9.17) is 0 Å². The highest BCUT2D eigenvalue weighted by Crippen LogP contribution is 2.32. The highest BCUT2D eigenvalue weighted by Gasteiger charge is 2.28. The van der Waals surface area contributed by atoms with Crippen molar-refractivity contribution in [2.24, 2.45) is 23.7 Å². The highest BCUT2D eigenvalue weighted by molar-refractivity contribution is 5.81. The summed E-state index contributed by atoms with van der Waals surface area (Å²) in [6.07, 6.45) is 8.30. The second kappa shape index (κ2) is 6.70. The molecule has 1 aliphatic carbocycles. The van der Waals surface area contributed by atoms with Gasteiger partial charge < -0.3 is 5.32 Å². The maximum atomic E-state index is 12.4. The molecule has 2 nitrogen and oxygen atoms in total. The number of hydrogen-bond acceptors (Lipinski definition) is 2. The predicted octanol–water partition coefficient (Wildman–Crippen LogP) is 3.41. The molecule has 2 rings (SSSR count). The number of rotatable bonds is 4. The Morgan fingerprint density at radius 3 is 2.78 bits per heavy atom. The van der Waals surface area contributed by atoms with Gasteiger partial charge in [-0.3, -0.25) is 4.79 Å². The average Bonchev–Trinajstić information content (AvgIpc) is 2.39. The Morgan fingerprint density at radius 1 is 1.28 bits per heavy atom. The molecule has 4 atom stereocenters. The van der Waals surface area contributed by atoms with Crippen molar-refractivity contribution < 1.29 is 4.79 Å². The molecule has 2 heteroatoms. The van der Waals surface area contributed by atoms with Gasteiger partial charge in [-0.05, 0) is 56.5 Å². The molecule has 1 N–H and O–H groups in total. The highest BCUT2D eigenvalue weighted by atomic mass is 16.1. The van der Waals surface area contributed by atoms with E-state index in [1.54, 1.807) is 0 Å². The van der Waals surface area contributed by atoms with Crippen LogP contribution in [-0.4, -0.2) is 18.9 Å². The maximum Gasteiger partial charge on any atom is 0.136 e. The van der Waals surface area contributed by atoms with E-state index in [0.717, 1.165) is 44.2 Å². The zero-order valence-electron chi connectivity index (χ0n) is 12.1. The lowest BCUT2D eigenvalue weighted by molar-refractivity contribution is -0.125. The third-order valence-corrected chi connectivity index (χ3v) is 5.05. The van der Waals surface area contributed by atoms with E-state index >= 15 is 0 Å². The molecule has 0 aromatic rings. The third-order valence-electron chi connectivity index (χ3n) is 5.05. The lowest BCUT2D eigenvalue weighted by atomic mass is 9.76. The van der Waals surface area contributed by atoms with Crippen LogP contribution < -0.4 is 5.32 Å². The first-order chi connectivity index (χ1) is 8.66. The second-order valence-electron chi connectivity index (χ2n) is 6.72. The van der Waals surface area contributed by atoms with E-state index in [1.165, 1.54) is 25.7 Å². The van der Waals surface area contributed by atoms with E-state index in [-0.39, 0.29) is 0 Å². The summed E-state index contributed by atoms with van der Waals surface area (Å²) in [4.78, 5) is 12.4. The zero-order valence-corrected chi connectivity index (χ0v) is 12.1. The topological polar surface area (TPSA) is 29.1 Å². The van der Waals surface area contributed by atoms with Crippen molar-refractivity contribution in [3.8, 4) is 0 Å². The standard InChI is InChI=1S/C16H29NO/c1-12-5-3-6-14(9-12)16(18)10-13(2)15-7-4-8-17-11-15/h12-15,17H,3-11H2,1-2H3. The van der Waals surface area contributed by atoms with Crippen LogP contribution in [-0.2, 0) is 4.79 Å². The van der Waals surface area contributed by atoms with E-state index in [2.05, 4.69) is 19.2 Å². The van der Waals surface area contributed by atoms with E-state index < -0.39 is 0 Å². The Hall–Kier alpha value is -0.370. The summed E-state index contributed by atoms with van der Waals surface area (Å²) in [5.41, 5.74) is 0. The van der Waals surface area contributed by atoms with Crippen LogP contribution in [0.25, 0.3) is 0 Å². The van der Waals surface area contributed by atoms with Crippen LogP contribution in [0.3, 0.4) is 0 Å². The van der Waals surface area contributed by atoms with Crippen molar-refractivity contribution in [1.29, 1.82) is 0 Å². The van der Waals surface area contributed by atoms with Crippen LogP contribution in [0.4, 0.5) is 0 Å². The van der Waals surface area contributed by atoms with E-state index in [0.29, 0.717) is 17.6 Å². The molecule has 0 amide bonds. The summed E-state index contributed by atoms with van der Waals surface area (Å²) >= 11 is 0. The first-order valence-corrected chi connectivity index (χ1v) is 7.90. The molecule has 2 fully saturated rings. The van der Waals surface area contributed by atoms with Gasteiger partial charge in [0, 0.05) is 12.3 Å². The quantitative estimate of drug-likeness (QED) is 0.829. The van der Waals surface area contributed by atoms with Crippen LogP contribution in [0, 0.1) is 23.7 Å². The lowest BCUT2D eigenvalue weighted by Crippen LogP contribution is -2.34. The van der Waals surface area contributed by atoms with Gasteiger partial charge in [0.15, 0.2) is 0 Å². The first-order valence-electron chi connectivity index (χ1n) is 7.90. The van der Waals surface area contributed by atoms with Crippen molar-refractivity contribution in [1.82, 2.24) is 5.32 Å². The van der Waals surface area contributed by atoms with Gasteiger partial charge in [0.25, 0.3) is 0 Å². The third kappa shape index (κ3) is 3.81. The number of ketones is 1. The number of nitrogens with one attached hydrogen (secondary N) is 1. The SMILES string of the molecule is CC1CCCC(C(=O)CC(C)C2CCCNC2)C1. The van der Waals surface area contributed by atoms with Gasteiger partial charge in [-0.1, -0.05) is 26.7 Å². The van der Waals surface area contributed by atoms with Gasteiger partial charge in [0.05, 0.1) is 0 Å². The Kier molecular flexibility index (Phi) is 5.23. The molecule has 104 valence electrons. The first kappa shape index (κ1) is 14.0. The Morgan fingerprint density at radius 2 is 2.11 bits per heavy atom. The van der Waals surface area contributed by atoms with Gasteiger partial charge in [0.1, 0.15) is 5.78 Å². The van der Waals surface area contributed by atoms with Crippen LogP contribution in [0.5, 0.6) is 0 Å². The molecular formula is C16H29NO. The summed E-state index contributed by atoms with van der Waals surface area (Å²) in [6.45, 7) is 6.86. The van der Waals surface area contributed by atoms with Crippen LogP contribution in [0.1, 0.15) is 58.8 Å². The molecule has 0 bridgehead atoms. The average molecular weight is 251 g/mol. The summed E-state index contributed by atoms with van der Waals surface area (Å²) in [7, 11) is 0. The summed E-state index contributed by atoms with van der Waals surface area (Å²) < 4.78 is 0. The van der Waals surface area contributed by atoms with E-state index in [9.17, 15) is 4.79 Å². The molecule has 4 unspecified atom stereocenters. The van der Waals surface area contributed by atoms with Crippen LogP contribution in [0.15, 0.2) is 0 Å². The summed E-state index contributed by atoms with van der Waals surface area (Å²) in [5, 5.41) is 3.46. The minimum Gasteiger partial charge on any atom is -0.316 e. The minimum absolute atomic E-state index is 0.382. The normalized spacial score (nSPS) is 35.1. The summed E-state index contributed by atoms with van der Waals surface area (Å²) in [6, 6.07) is 0. The number of carbonyl (C=O) groups excluding carboxylic acids is 1. The van der Waals surface area contributed by atoms with Gasteiger partial charge >= 0.3 is 0 Å². The van der Waals surface area contributed by atoms with Gasteiger partial charge in [-0.15, -0.1) is 0 Å². The van der Waals surface area contributed by atoms with Crippen molar-refractivity contribution in [2.45, 2.75) is 58.8 Å². The molecule has 1 heterocycles. The summed E-state index contributed by atoms with van der Waals surface area (Å²) in [5.74, 6) is 3.00. The molecule has 0 radical (unpaired) electrons. The molecule has 0 aromatic heterocycles. The molecule has 1 saturated carbocycles. The van der Waals surface area contributed by atoms with Crippen molar-refractivity contribution in [3.05, 3.63) is 0 Å². The Balaban J connectivity index is 1.78. The second-order valence-corrected chi connectivity index (χ2v) is 6.72. The number of hydrogen-bond donors (Lipinski definition) is 1. The molecule has 2 aliphatic rings. The van der Waals surface area contributed by atoms with Crippen LogP contribution >= 0.6 is 0 Å². The fourth-order valence-electron chi connectivity index (χ4n) is 3.74. The number of carbonyl (C=O) groups is 1. The molecule has 1 saturated heterocycles. The van der Waals surface area contributed by atoms with Crippen LogP contribution in [0.2, 0.25) is 0 Å². The minimum atomic E-state index is 0.382. The lowest BCUT2D eigenvalue weighted by Gasteiger charge is -2.30. The monoisotopic (exact) mass is 251 g/mol. The molecular weight excluding hydrogens is 222 g/mol. The number of Topliss-reactive ketones (excluding diaryl/α,β-unsaturated/α-hetero) is 1. The fourth-order valence-corrected chi connectivity index (χ4v) is 3.74. The fraction of sp³-hybridized carbons (Fsp3) is 0.938. The van der Waals surface area contributed by atoms with Crippen molar-refractivity contribution >= 4 is 5.78 Å². The van der Waals surface area contributed by atoms with Gasteiger partial charge in [0.2, 0.25) is 0 Å². The van der Waals surface area contributed by atoms with E-state index in [1.807, 2.05) is 0 Å². The Labute approximate surface area is 112 Å². The smallest absolute Gasteiger partial charge is 0.136 e. The van der Waals surface area contributed by atoms with Gasteiger partial charge in [-0.25, -0.2) is 0 Å². The zero-order chi connectivity index (χ0) is 13.0. The largest absolute Gasteiger partial charge is 0.316 e. The molecule has 1 aliphatic heterocycles. The number of piperidine rings is 1. The predicted molar refractivity (Wildman–Crippen MR) is 75.5 cm³/mol. The maximum absolute atomic E-state index is 12.4. The molecule has 18 heavy (non-hydrogen) atoms. The molecule has 0 spiro atoms.